The number of halogens is 1. The van der Waals surface area contributed by atoms with Gasteiger partial charge in [-0.25, -0.2) is 4.98 Å². The number of anilines is 1. The van der Waals surface area contributed by atoms with Gasteiger partial charge in [0.15, 0.2) is 0 Å². The topological polar surface area (TPSA) is 42.1 Å². The van der Waals surface area contributed by atoms with Gasteiger partial charge in [-0.3, -0.25) is 0 Å². The molecule has 0 aromatic carbocycles. The van der Waals surface area contributed by atoms with Crippen LogP contribution in [0.15, 0.2) is 22.8 Å². The average Bonchev–Trinajstić information content (AvgIpc) is 2.26. The Kier molecular flexibility index (Phi) is 5.15. The molecular weight excluding hydrogens is 286 g/mol. The highest BCUT2D eigenvalue weighted by molar-refractivity contribution is 9.10. The molecule has 0 aliphatic rings. The number of hydrogen-bond acceptors (Lipinski definition) is 3. The average molecular weight is 302 g/mol. The van der Waals surface area contributed by atoms with Gasteiger partial charge in [-0.15, -0.1) is 0 Å². The lowest BCUT2D eigenvalue weighted by atomic mass is 10.1. The van der Waals surface area contributed by atoms with E-state index in [1.54, 1.807) is 6.20 Å². The lowest BCUT2D eigenvalue weighted by molar-refractivity contribution is 0.699. The first kappa shape index (κ1) is 13.4. The third kappa shape index (κ3) is 3.42. The molecule has 1 atom stereocenters. The SMILES string of the molecule is CCN(CC(C)C(N)=S)c1ncccc1Br. The maximum atomic E-state index is 5.63. The van der Waals surface area contributed by atoms with Gasteiger partial charge in [0.05, 0.1) is 9.46 Å². The molecule has 1 heterocycles. The third-order valence-electron chi connectivity index (χ3n) is 2.40. The van der Waals surface area contributed by atoms with Gasteiger partial charge in [0.25, 0.3) is 0 Å². The van der Waals surface area contributed by atoms with Gasteiger partial charge in [-0.2, -0.15) is 0 Å². The molecule has 0 radical (unpaired) electrons. The van der Waals surface area contributed by atoms with Crippen LogP contribution in [0.5, 0.6) is 0 Å². The Balaban J connectivity index is 2.83. The molecule has 0 saturated heterocycles. The molecule has 1 aromatic rings. The molecule has 0 amide bonds. The number of nitrogens with zero attached hydrogens (tertiary/aromatic N) is 2. The van der Waals surface area contributed by atoms with Crippen LogP contribution >= 0.6 is 28.1 Å². The molecule has 1 unspecified atom stereocenters. The molecule has 0 saturated carbocycles. The Morgan fingerprint density at radius 3 is 2.88 bits per heavy atom. The highest BCUT2D eigenvalue weighted by Crippen LogP contribution is 2.23. The fraction of sp³-hybridized carbons (Fsp3) is 0.455. The van der Waals surface area contributed by atoms with Crippen LogP contribution in [0.2, 0.25) is 0 Å². The molecule has 88 valence electrons. The molecule has 16 heavy (non-hydrogen) atoms. The molecule has 3 nitrogen and oxygen atoms in total. The van der Waals surface area contributed by atoms with Gasteiger partial charge in [0.1, 0.15) is 5.82 Å². The predicted molar refractivity (Wildman–Crippen MR) is 75.8 cm³/mol. The van der Waals surface area contributed by atoms with Crippen molar-refractivity contribution in [1.29, 1.82) is 0 Å². The molecule has 0 aliphatic heterocycles. The maximum absolute atomic E-state index is 5.63. The van der Waals surface area contributed by atoms with Crippen LogP contribution in [0.25, 0.3) is 0 Å². The van der Waals surface area contributed by atoms with E-state index in [0.29, 0.717) is 4.99 Å². The Morgan fingerprint density at radius 2 is 2.38 bits per heavy atom. The largest absolute Gasteiger partial charge is 0.393 e. The Morgan fingerprint density at radius 1 is 1.69 bits per heavy atom. The number of aromatic nitrogens is 1. The summed E-state index contributed by atoms with van der Waals surface area (Å²) in [5.74, 6) is 1.12. The standard InChI is InChI=1S/C11H16BrN3S/c1-3-15(7-8(2)10(13)16)11-9(12)5-4-6-14-11/h4-6,8H,3,7H2,1-2H3,(H2,13,16). The molecule has 1 aromatic heterocycles. The van der Waals surface area contributed by atoms with Crippen molar-refractivity contribution in [1.82, 2.24) is 4.98 Å². The van der Waals surface area contributed by atoms with Gasteiger partial charge in [-0.1, -0.05) is 19.1 Å². The highest BCUT2D eigenvalue weighted by atomic mass is 79.9. The van der Waals surface area contributed by atoms with E-state index in [4.69, 9.17) is 18.0 Å². The normalized spacial score (nSPS) is 12.2. The monoisotopic (exact) mass is 301 g/mol. The predicted octanol–water partition coefficient (Wildman–Crippen LogP) is 2.59. The summed E-state index contributed by atoms with van der Waals surface area (Å²) in [4.78, 5) is 7.06. The van der Waals surface area contributed by atoms with Crippen molar-refractivity contribution in [3.8, 4) is 0 Å². The summed E-state index contributed by atoms with van der Waals surface area (Å²) in [5.41, 5.74) is 5.63. The zero-order chi connectivity index (χ0) is 12.1. The van der Waals surface area contributed by atoms with Crippen LogP contribution in [-0.2, 0) is 0 Å². The van der Waals surface area contributed by atoms with Gasteiger partial charge in [0, 0.05) is 25.2 Å². The zero-order valence-electron chi connectivity index (χ0n) is 9.48. The fourth-order valence-corrected chi connectivity index (χ4v) is 1.98. The maximum Gasteiger partial charge on any atom is 0.142 e. The van der Waals surface area contributed by atoms with E-state index in [9.17, 15) is 0 Å². The van der Waals surface area contributed by atoms with E-state index in [-0.39, 0.29) is 5.92 Å². The zero-order valence-corrected chi connectivity index (χ0v) is 11.9. The first-order valence-corrected chi connectivity index (χ1v) is 6.41. The van der Waals surface area contributed by atoms with Crippen LogP contribution in [0.3, 0.4) is 0 Å². The first-order valence-electron chi connectivity index (χ1n) is 5.21. The van der Waals surface area contributed by atoms with Crippen LogP contribution in [0.4, 0.5) is 5.82 Å². The van der Waals surface area contributed by atoms with Crippen LogP contribution in [0, 0.1) is 5.92 Å². The van der Waals surface area contributed by atoms with E-state index < -0.39 is 0 Å². The lowest BCUT2D eigenvalue weighted by Gasteiger charge is -2.25. The minimum Gasteiger partial charge on any atom is -0.393 e. The Labute approximate surface area is 110 Å². The van der Waals surface area contributed by atoms with Crippen molar-refractivity contribution in [2.75, 3.05) is 18.0 Å². The number of nitrogens with two attached hydrogens (primary N) is 1. The van der Waals surface area contributed by atoms with Crippen LogP contribution in [-0.4, -0.2) is 23.1 Å². The number of thiocarbonyl (C=S) groups is 1. The summed E-state index contributed by atoms with van der Waals surface area (Å²) >= 11 is 8.48. The fourth-order valence-electron chi connectivity index (χ4n) is 1.40. The summed E-state index contributed by atoms with van der Waals surface area (Å²) in [6.07, 6.45) is 1.79. The molecule has 0 spiro atoms. The van der Waals surface area contributed by atoms with E-state index in [0.717, 1.165) is 23.4 Å². The van der Waals surface area contributed by atoms with E-state index in [1.807, 2.05) is 19.1 Å². The van der Waals surface area contributed by atoms with Gasteiger partial charge in [-0.05, 0) is 35.0 Å². The second-order valence-electron chi connectivity index (χ2n) is 3.65. The van der Waals surface area contributed by atoms with Crippen molar-refractivity contribution >= 4 is 39.0 Å². The molecule has 0 fully saturated rings. The lowest BCUT2D eigenvalue weighted by Crippen LogP contribution is -2.34. The number of hydrogen-bond donors (Lipinski definition) is 1. The van der Waals surface area contributed by atoms with Crippen molar-refractivity contribution in [2.45, 2.75) is 13.8 Å². The summed E-state index contributed by atoms with van der Waals surface area (Å²) in [7, 11) is 0. The van der Waals surface area contributed by atoms with E-state index in [2.05, 4.69) is 32.7 Å². The summed E-state index contributed by atoms with van der Waals surface area (Å²) < 4.78 is 0.993. The van der Waals surface area contributed by atoms with Crippen LogP contribution in [0.1, 0.15) is 13.8 Å². The molecule has 2 N–H and O–H groups in total. The Bertz CT molecular complexity index is 370. The van der Waals surface area contributed by atoms with Crippen LogP contribution < -0.4 is 10.6 Å². The van der Waals surface area contributed by atoms with Crippen molar-refractivity contribution in [3.05, 3.63) is 22.8 Å². The second kappa shape index (κ2) is 6.15. The summed E-state index contributed by atoms with van der Waals surface area (Å²) in [6, 6.07) is 3.88. The highest BCUT2D eigenvalue weighted by Gasteiger charge is 2.14. The summed E-state index contributed by atoms with van der Waals surface area (Å²) in [6.45, 7) is 5.79. The van der Waals surface area contributed by atoms with Crippen molar-refractivity contribution in [2.24, 2.45) is 11.7 Å². The van der Waals surface area contributed by atoms with Gasteiger partial charge >= 0.3 is 0 Å². The molecule has 5 heteroatoms. The van der Waals surface area contributed by atoms with E-state index in [1.165, 1.54) is 0 Å². The van der Waals surface area contributed by atoms with Crippen molar-refractivity contribution < 1.29 is 0 Å². The summed E-state index contributed by atoms with van der Waals surface area (Å²) in [5, 5.41) is 0. The van der Waals surface area contributed by atoms with Gasteiger partial charge < -0.3 is 10.6 Å². The number of rotatable bonds is 5. The molecule has 1 rings (SSSR count). The minimum absolute atomic E-state index is 0.184. The number of pyridine rings is 1. The molecule has 0 aliphatic carbocycles. The van der Waals surface area contributed by atoms with Crippen molar-refractivity contribution in [3.63, 3.8) is 0 Å². The van der Waals surface area contributed by atoms with E-state index >= 15 is 0 Å². The Hall–Kier alpha value is -0.680. The smallest absolute Gasteiger partial charge is 0.142 e. The minimum atomic E-state index is 0.184. The quantitative estimate of drug-likeness (QED) is 0.849. The molecular formula is C11H16BrN3S. The molecule has 0 bridgehead atoms. The second-order valence-corrected chi connectivity index (χ2v) is 4.98. The first-order chi connectivity index (χ1) is 7.56. The third-order valence-corrected chi connectivity index (χ3v) is 3.42. The van der Waals surface area contributed by atoms with Gasteiger partial charge in [0.2, 0.25) is 0 Å².